The van der Waals surface area contributed by atoms with E-state index in [0.29, 0.717) is 17.1 Å². The van der Waals surface area contributed by atoms with Gasteiger partial charge in [-0.2, -0.15) is 10.2 Å². The number of allylic oxidation sites excluding steroid dienone is 1. The summed E-state index contributed by atoms with van der Waals surface area (Å²) in [5.41, 5.74) is 4.72. The van der Waals surface area contributed by atoms with Crippen LogP contribution in [-0.2, 0) is 0 Å². The van der Waals surface area contributed by atoms with Crippen LogP contribution in [0.2, 0.25) is 0 Å². The molecule has 0 radical (unpaired) electrons. The normalized spacial score (nSPS) is 16.3. The minimum Gasteiger partial charge on any atom is -0.371 e. The predicted octanol–water partition coefficient (Wildman–Crippen LogP) is 4.15. The molecule has 3 heterocycles. The topological polar surface area (TPSA) is 125 Å². The Morgan fingerprint density at radius 3 is 2.77 bits per heavy atom. The number of benzene rings is 1. The summed E-state index contributed by atoms with van der Waals surface area (Å²) in [4.78, 5) is 23.8. The number of piperidine rings is 1. The summed E-state index contributed by atoms with van der Waals surface area (Å²) in [6.07, 6.45) is 7.13. The van der Waals surface area contributed by atoms with Crippen LogP contribution in [0.25, 0.3) is 11.4 Å². The number of carbonyl (C=O) groups is 1. The molecule has 1 saturated heterocycles. The number of anilines is 1. The minimum atomic E-state index is -0.303. The van der Waals surface area contributed by atoms with Gasteiger partial charge in [0.2, 0.25) is 0 Å². The standard InChI is InChI=1S/C26H28N8O/c1-3-18(2)34-15-5-6-19(17-34)25(32-27)16-28-20-9-11-21(12-10-20)30-26(35)24-8-4-7-22(31-24)23-13-14-29-33-23/h3-4,7-14,16,19H,1-2,5-6,15,17,27H2,(H,29,33)(H,30,35). The van der Waals surface area contributed by atoms with E-state index in [1.54, 1.807) is 48.8 Å². The lowest BCUT2D eigenvalue weighted by molar-refractivity contribution is 0.102. The molecular weight excluding hydrogens is 440 g/mol. The second kappa shape index (κ2) is 11.1. The monoisotopic (exact) mass is 468 g/mol. The zero-order chi connectivity index (χ0) is 24.6. The summed E-state index contributed by atoms with van der Waals surface area (Å²) in [5, 5.41) is 13.6. The largest absolute Gasteiger partial charge is 0.371 e. The number of rotatable bonds is 8. The van der Waals surface area contributed by atoms with E-state index in [1.807, 2.05) is 18.2 Å². The highest BCUT2D eigenvalue weighted by Crippen LogP contribution is 2.22. The summed E-state index contributed by atoms with van der Waals surface area (Å²) in [5.74, 6) is 5.55. The number of likely N-dealkylation sites (tertiary alicyclic amines) is 1. The van der Waals surface area contributed by atoms with E-state index in [9.17, 15) is 4.79 Å². The number of H-pyrrole nitrogens is 1. The molecule has 1 atom stereocenters. The zero-order valence-electron chi connectivity index (χ0n) is 19.4. The number of pyridine rings is 1. The van der Waals surface area contributed by atoms with Gasteiger partial charge in [-0.25, -0.2) is 4.98 Å². The van der Waals surface area contributed by atoms with Crippen LogP contribution < -0.4 is 11.2 Å². The number of nitrogens with zero attached hydrogens (tertiary/aromatic N) is 5. The summed E-state index contributed by atoms with van der Waals surface area (Å²) < 4.78 is 0. The van der Waals surface area contributed by atoms with E-state index in [4.69, 9.17) is 5.84 Å². The van der Waals surface area contributed by atoms with Crippen LogP contribution in [0.3, 0.4) is 0 Å². The Kier molecular flexibility index (Phi) is 7.47. The first kappa shape index (κ1) is 23.6. The average Bonchev–Trinajstić information content (AvgIpc) is 3.45. The molecule has 0 aliphatic carbocycles. The van der Waals surface area contributed by atoms with Crippen LogP contribution in [0.1, 0.15) is 23.3 Å². The first-order valence-corrected chi connectivity index (χ1v) is 11.3. The minimum absolute atomic E-state index is 0.179. The number of carbonyl (C=O) groups excluding carboxylic acids is 1. The van der Waals surface area contributed by atoms with Gasteiger partial charge in [0.15, 0.2) is 0 Å². The van der Waals surface area contributed by atoms with Crippen molar-refractivity contribution in [1.29, 1.82) is 0 Å². The number of aromatic amines is 1. The maximum absolute atomic E-state index is 12.7. The number of amides is 1. The quantitative estimate of drug-likeness (QED) is 0.198. The van der Waals surface area contributed by atoms with Gasteiger partial charge >= 0.3 is 0 Å². The molecule has 1 unspecified atom stereocenters. The van der Waals surface area contributed by atoms with Crippen molar-refractivity contribution in [3.63, 3.8) is 0 Å². The van der Waals surface area contributed by atoms with Crippen LogP contribution >= 0.6 is 0 Å². The van der Waals surface area contributed by atoms with Gasteiger partial charge in [0.05, 0.1) is 29.0 Å². The van der Waals surface area contributed by atoms with Gasteiger partial charge in [-0.1, -0.05) is 19.2 Å². The van der Waals surface area contributed by atoms with E-state index in [2.05, 4.69) is 48.6 Å². The number of aliphatic imine (C=N–C) groups is 1. The molecular formula is C26H28N8O. The number of aromatic nitrogens is 3. The maximum Gasteiger partial charge on any atom is 0.274 e. The molecule has 0 saturated carbocycles. The Morgan fingerprint density at radius 1 is 1.23 bits per heavy atom. The van der Waals surface area contributed by atoms with E-state index < -0.39 is 0 Å². The first-order chi connectivity index (χ1) is 17.1. The summed E-state index contributed by atoms with van der Waals surface area (Å²) >= 11 is 0. The average molecular weight is 469 g/mol. The van der Waals surface area contributed by atoms with Crippen molar-refractivity contribution in [2.45, 2.75) is 12.8 Å². The molecule has 1 aromatic carbocycles. The molecule has 3 aromatic rings. The van der Waals surface area contributed by atoms with E-state index in [1.165, 1.54) is 0 Å². The van der Waals surface area contributed by atoms with Gasteiger partial charge in [0.1, 0.15) is 5.69 Å². The molecule has 1 aliphatic heterocycles. The molecule has 9 heteroatoms. The van der Waals surface area contributed by atoms with Gasteiger partial charge in [-0.15, -0.1) is 0 Å². The summed E-state index contributed by atoms with van der Waals surface area (Å²) in [6, 6.07) is 14.3. The predicted molar refractivity (Wildman–Crippen MR) is 140 cm³/mol. The Balaban J connectivity index is 1.38. The Morgan fingerprint density at radius 2 is 2.06 bits per heavy atom. The van der Waals surface area contributed by atoms with Crippen LogP contribution in [0.4, 0.5) is 11.4 Å². The van der Waals surface area contributed by atoms with Crippen molar-refractivity contribution in [1.82, 2.24) is 20.1 Å². The van der Waals surface area contributed by atoms with Crippen LogP contribution in [-0.4, -0.2) is 51.0 Å². The van der Waals surface area contributed by atoms with E-state index >= 15 is 0 Å². The van der Waals surface area contributed by atoms with Gasteiger partial charge < -0.3 is 16.1 Å². The molecule has 1 aliphatic rings. The number of nitrogens with one attached hydrogen (secondary N) is 2. The highest BCUT2D eigenvalue weighted by Gasteiger charge is 2.23. The van der Waals surface area contributed by atoms with Gasteiger partial charge in [0, 0.05) is 36.6 Å². The van der Waals surface area contributed by atoms with E-state index in [0.717, 1.165) is 48.7 Å². The fraction of sp³-hybridized carbons (Fsp3) is 0.192. The highest BCUT2D eigenvalue weighted by atomic mass is 16.1. The second-order valence-electron chi connectivity index (χ2n) is 8.17. The molecule has 1 fully saturated rings. The fourth-order valence-electron chi connectivity index (χ4n) is 3.93. The number of hydrogen-bond donors (Lipinski definition) is 3. The Hall–Kier alpha value is -4.53. The van der Waals surface area contributed by atoms with Crippen molar-refractivity contribution in [3.05, 3.63) is 85.4 Å². The zero-order valence-corrected chi connectivity index (χ0v) is 19.4. The molecule has 9 nitrogen and oxygen atoms in total. The second-order valence-corrected chi connectivity index (χ2v) is 8.17. The molecule has 0 bridgehead atoms. The molecule has 4 rings (SSSR count). The first-order valence-electron chi connectivity index (χ1n) is 11.3. The third kappa shape index (κ3) is 5.89. The number of hydrogen-bond acceptors (Lipinski definition) is 7. The lowest BCUT2D eigenvalue weighted by atomic mass is 9.93. The van der Waals surface area contributed by atoms with Crippen LogP contribution in [0, 0.1) is 5.92 Å². The van der Waals surface area contributed by atoms with Crippen molar-refractivity contribution in [2.24, 2.45) is 21.9 Å². The molecule has 35 heavy (non-hydrogen) atoms. The molecule has 1 amide bonds. The molecule has 178 valence electrons. The maximum atomic E-state index is 12.7. The fourth-order valence-corrected chi connectivity index (χ4v) is 3.93. The summed E-state index contributed by atoms with van der Waals surface area (Å²) in [6.45, 7) is 9.58. The van der Waals surface area contributed by atoms with Crippen molar-refractivity contribution < 1.29 is 4.79 Å². The summed E-state index contributed by atoms with van der Waals surface area (Å²) in [7, 11) is 0. The Bertz CT molecular complexity index is 1240. The third-order valence-corrected chi connectivity index (χ3v) is 5.86. The Labute approximate surface area is 204 Å². The van der Waals surface area contributed by atoms with Crippen LogP contribution in [0.5, 0.6) is 0 Å². The van der Waals surface area contributed by atoms with Gasteiger partial charge in [-0.3, -0.25) is 14.9 Å². The van der Waals surface area contributed by atoms with Crippen LogP contribution in [0.15, 0.2) is 89.8 Å². The van der Waals surface area contributed by atoms with Crippen molar-refractivity contribution >= 4 is 29.2 Å². The molecule has 2 aromatic heterocycles. The highest BCUT2D eigenvalue weighted by molar-refractivity contribution is 6.32. The molecule has 0 spiro atoms. The van der Waals surface area contributed by atoms with E-state index in [-0.39, 0.29) is 11.8 Å². The van der Waals surface area contributed by atoms with Gasteiger partial charge in [-0.05, 0) is 61.4 Å². The van der Waals surface area contributed by atoms with Crippen molar-refractivity contribution in [2.75, 3.05) is 18.4 Å². The van der Waals surface area contributed by atoms with Gasteiger partial charge in [0.25, 0.3) is 5.91 Å². The number of hydrazone groups is 1. The van der Waals surface area contributed by atoms with Crippen molar-refractivity contribution in [3.8, 4) is 11.4 Å². The smallest absolute Gasteiger partial charge is 0.274 e. The number of nitrogens with two attached hydrogens (primary N) is 1. The lowest BCUT2D eigenvalue weighted by Gasteiger charge is -2.34. The lowest BCUT2D eigenvalue weighted by Crippen LogP contribution is -2.38. The third-order valence-electron chi connectivity index (χ3n) is 5.86. The molecule has 4 N–H and O–H groups in total. The SMILES string of the molecule is C=CC(=C)N1CCCC(C(C=Nc2ccc(NC(=O)c3cccc(-c4ccn[nH]4)n3)cc2)=NN)C1.